The summed E-state index contributed by atoms with van der Waals surface area (Å²) in [4.78, 5) is 18.4. The van der Waals surface area contributed by atoms with Gasteiger partial charge >= 0.3 is 0 Å². The summed E-state index contributed by atoms with van der Waals surface area (Å²) in [5.41, 5.74) is 1.15. The number of aryl methyl sites for hydroxylation is 1. The summed E-state index contributed by atoms with van der Waals surface area (Å²) in [6.07, 6.45) is 3.88. The molecule has 0 bridgehead atoms. The number of H-pyrrole nitrogens is 1. The van der Waals surface area contributed by atoms with Gasteiger partial charge in [-0.15, -0.1) is 0 Å². The Bertz CT molecular complexity index is 423. The number of aromatic nitrogens is 2. The number of nitrogens with one attached hydrogen (secondary N) is 1. The zero-order valence-corrected chi connectivity index (χ0v) is 11.7. The highest BCUT2D eigenvalue weighted by Crippen LogP contribution is 2.45. The van der Waals surface area contributed by atoms with Crippen LogP contribution in [0, 0.1) is 12.3 Å². The minimum Gasteiger partial charge on any atom is -0.301 e. The van der Waals surface area contributed by atoms with Crippen LogP contribution in [-0.2, 0) is 0 Å². The van der Waals surface area contributed by atoms with Gasteiger partial charge in [0, 0.05) is 22.8 Å². The highest BCUT2D eigenvalue weighted by Gasteiger charge is 2.35. The van der Waals surface area contributed by atoms with E-state index in [0.29, 0.717) is 5.41 Å². The summed E-state index contributed by atoms with van der Waals surface area (Å²) in [6, 6.07) is 1.52. The van der Waals surface area contributed by atoms with Crippen LogP contribution in [0.2, 0.25) is 0 Å². The Morgan fingerprint density at radius 3 is 2.88 bits per heavy atom. The third kappa shape index (κ3) is 2.69. The highest BCUT2D eigenvalue weighted by atomic mass is 79.9. The number of thioether (sulfide) groups is 1. The molecule has 1 aliphatic carbocycles. The predicted molar refractivity (Wildman–Crippen MR) is 70.4 cm³/mol. The molecule has 5 heteroatoms. The average Bonchev–Trinajstić information content (AvgIpc) is 2.15. The molecule has 1 heterocycles. The maximum absolute atomic E-state index is 11.3. The lowest BCUT2D eigenvalue weighted by Crippen LogP contribution is -2.33. The quantitative estimate of drug-likeness (QED) is 0.528. The molecule has 0 radical (unpaired) electrons. The molecule has 1 aliphatic rings. The van der Waals surface area contributed by atoms with Gasteiger partial charge in [0.05, 0.1) is 0 Å². The standard InChI is InChI=1S/C11H15BrN2OS/c1-8-5-9(15)14-10(13-8)16-7-11(6-12)3-2-4-11/h5H,2-4,6-7H2,1H3,(H,13,14,15). The molecule has 2 rings (SSSR count). The second-order valence-corrected chi connectivity index (χ2v) is 5.99. The number of rotatable bonds is 4. The van der Waals surface area contributed by atoms with Crippen molar-refractivity contribution in [3.8, 4) is 0 Å². The second-order valence-electron chi connectivity index (χ2n) is 4.47. The molecule has 1 saturated carbocycles. The van der Waals surface area contributed by atoms with Crippen molar-refractivity contribution in [2.45, 2.75) is 31.3 Å². The van der Waals surface area contributed by atoms with Crippen LogP contribution in [-0.4, -0.2) is 21.1 Å². The first-order valence-corrected chi connectivity index (χ1v) is 7.51. The first kappa shape index (κ1) is 12.2. The van der Waals surface area contributed by atoms with Crippen LogP contribution < -0.4 is 5.56 Å². The molecular formula is C11H15BrN2OS. The molecule has 3 nitrogen and oxygen atoms in total. The Hall–Kier alpha value is -0.290. The Labute approximate surface area is 108 Å². The molecule has 1 fully saturated rings. The molecule has 0 aromatic carbocycles. The van der Waals surface area contributed by atoms with Gasteiger partial charge in [-0.1, -0.05) is 34.1 Å². The third-order valence-electron chi connectivity index (χ3n) is 3.06. The van der Waals surface area contributed by atoms with Crippen molar-refractivity contribution in [1.82, 2.24) is 9.97 Å². The number of hydrogen-bond acceptors (Lipinski definition) is 3. The Morgan fingerprint density at radius 1 is 1.62 bits per heavy atom. The fourth-order valence-corrected chi connectivity index (χ4v) is 4.07. The largest absolute Gasteiger partial charge is 0.301 e. The SMILES string of the molecule is Cc1cc(=O)[nH]c(SCC2(CBr)CCC2)n1. The first-order valence-electron chi connectivity index (χ1n) is 5.40. The second kappa shape index (κ2) is 4.92. The third-order valence-corrected chi connectivity index (χ3v) is 5.47. The van der Waals surface area contributed by atoms with E-state index in [1.807, 2.05) is 6.92 Å². The van der Waals surface area contributed by atoms with Crippen molar-refractivity contribution >= 4 is 27.7 Å². The lowest BCUT2D eigenvalue weighted by molar-refractivity contribution is 0.206. The van der Waals surface area contributed by atoms with Crippen LogP contribution in [0.1, 0.15) is 25.0 Å². The lowest BCUT2D eigenvalue weighted by atomic mass is 9.72. The number of alkyl halides is 1. The van der Waals surface area contributed by atoms with E-state index in [0.717, 1.165) is 21.9 Å². The van der Waals surface area contributed by atoms with Gasteiger partial charge in [-0.05, 0) is 25.2 Å². The highest BCUT2D eigenvalue weighted by molar-refractivity contribution is 9.09. The smallest absolute Gasteiger partial charge is 0.251 e. The molecule has 1 aromatic rings. The molecular weight excluding hydrogens is 288 g/mol. The van der Waals surface area contributed by atoms with Crippen molar-refractivity contribution in [3.05, 3.63) is 22.1 Å². The maximum atomic E-state index is 11.3. The Morgan fingerprint density at radius 2 is 2.38 bits per heavy atom. The molecule has 0 saturated heterocycles. The van der Waals surface area contributed by atoms with Crippen LogP contribution in [0.5, 0.6) is 0 Å². The molecule has 88 valence electrons. The molecule has 0 unspecified atom stereocenters. The van der Waals surface area contributed by atoms with Crippen LogP contribution >= 0.6 is 27.7 Å². The van der Waals surface area contributed by atoms with Crippen LogP contribution in [0.25, 0.3) is 0 Å². The summed E-state index contributed by atoms with van der Waals surface area (Å²) in [6.45, 7) is 1.85. The van der Waals surface area contributed by atoms with E-state index in [1.54, 1.807) is 11.8 Å². The summed E-state index contributed by atoms with van der Waals surface area (Å²) >= 11 is 5.24. The first-order chi connectivity index (χ1) is 7.63. The van der Waals surface area contributed by atoms with Gasteiger partial charge in [0.15, 0.2) is 5.16 Å². The molecule has 0 amide bonds. The molecule has 1 N–H and O–H groups in total. The fraction of sp³-hybridized carbons (Fsp3) is 0.636. The minimum atomic E-state index is -0.0588. The lowest BCUT2D eigenvalue weighted by Gasteiger charge is -2.40. The monoisotopic (exact) mass is 302 g/mol. The van der Waals surface area contributed by atoms with Gasteiger partial charge in [0.2, 0.25) is 0 Å². The van der Waals surface area contributed by atoms with Gasteiger partial charge in [-0.3, -0.25) is 4.79 Å². The van der Waals surface area contributed by atoms with E-state index in [1.165, 1.54) is 25.3 Å². The van der Waals surface area contributed by atoms with Gasteiger partial charge < -0.3 is 4.98 Å². The van der Waals surface area contributed by atoms with Crippen molar-refractivity contribution in [1.29, 1.82) is 0 Å². The predicted octanol–water partition coefficient (Wildman–Crippen LogP) is 2.74. The van der Waals surface area contributed by atoms with E-state index in [-0.39, 0.29) is 5.56 Å². The van der Waals surface area contributed by atoms with E-state index in [9.17, 15) is 4.79 Å². The van der Waals surface area contributed by atoms with Crippen LogP contribution in [0.15, 0.2) is 16.0 Å². The maximum Gasteiger partial charge on any atom is 0.251 e. The van der Waals surface area contributed by atoms with E-state index in [4.69, 9.17) is 0 Å². The van der Waals surface area contributed by atoms with Crippen molar-refractivity contribution in [2.75, 3.05) is 11.1 Å². The van der Waals surface area contributed by atoms with Gasteiger partial charge in [0.1, 0.15) is 0 Å². The van der Waals surface area contributed by atoms with E-state index >= 15 is 0 Å². The summed E-state index contributed by atoms with van der Waals surface area (Å²) in [5.74, 6) is 1.03. The summed E-state index contributed by atoms with van der Waals surface area (Å²) < 4.78 is 0. The number of nitrogens with zero attached hydrogens (tertiary/aromatic N) is 1. The zero-order chi connectivity index (χ0) is 11.6. The summed E-state index contributed by atoms with van der Waals surface area (Å²) in [5, 5.41) is 1.79. The van der Waals surface area contributed by atoms with E-state index in [2.05, 4.69) is 25.9 Å². The van der Waals surface area contributed by atoms with Gasteiger partial charge in [-0.25, -0.2) is 4.98 Å². The Kier molecular flexibility index (Phi) is 3.74. The normalized spacial score (nSPS) is 18.1. The number of hydrogen-bond donors (Lipinski definition) is 1. The molecule has 0 aliphatic heterocycles. The number of halogens is 1. The fourth-order valence-electron chi connectivity index (χ4n) is 1.83. The van der Waals surface area contributed by atoms with E-state index < -0.39 is 0 Å². The van der Waals surface area contributed by atoms with Crippen molar-refractivity contribution in [2.24, 2.45) is 5.41 Å². The topological polar surface area (TPSA) is 45.8 Å². The number of aromatic amines is 1. The minimum absolute atomic E-state index is 0.0588. The Balaban J connectivity index is 2.01. The molecule has 16 heavy (non-hydrogen) atoms. The van der Waals surface area contributed by atoms with Crippen molar-refractivity contribution in [3.63, 3.8) is 0 Å². The molecule has 1 aromatic heterocycles. The van der Waals surface area contributed by atoms with Gasteiger partial charge in [-0.2, -0.15) is 0 Å². The molecule has 0 atom stereocenters. The summed E-state index contributed by atoms with van der Waals surface area (Å²) in [7, 11) is 0. The average molecular weight is 303 g/mol. The van der Waals surface area contributed by atoms with Crippen LogP contribution in [0.3, 0.4) is 0 Å². The molecule has 0 spiro atoms. The zero-order valence-electron chi connectivity index (χ0n) is 9.25. The van der Waals surface area contributed by atoms with Crippen molar-refractivity contribution < 1.29 is 0 Å². The van der Waals surface area contributed by atoms with Gasteiger partial charge in [0.25, 0.3) is 5.56 Å². The van der Waals surface area contributed by atoms with Crippen LogP contribution in [0.4, 0.5) is 0 Å².